The van der Waals surface area contributed by atoms with E-state index in [1.54, 1.807) is 14.1 Å². The molecule has 1 aromatic carbocycles. The van der Waals surface area contributed by atoms with E-state index in [0.717, 1.165) is 12.1 Å². The third-order valence-electron chi connectivity index (χ3n) is 5.76. The normalized spacial score (nSPS) is 17.8. The standard InChI is InChI=1S/C23H21ClF5N5O3S2/c1-33(2)21-31-15(9-16(32-21)13-3-5-14(6-4-13)23(27,28)29)11-30-20(35)17-10-22(25,26)12-34(17)39(36,37)19-8-7-18(24)38-19/h3-9,17H,10-12H2,1-2H3,(H,30,35)/t17-/m0/s1. The summed E-state index contributed by atoms with van der Waals surface area (Å²) in [6.45, 7) is -1.45. The molecule has 16 heteroatoms. The summed E-state index contributed by atoms with van der Waals surface area (Å²) >= 11 is 6.49. The Morgan fingerprint density at radius 3 is 2.41 bits per heavy atom. The van der Waals surface area contributed by atoms with Gasteiger partial charge in [-0.2, -0.15) is 17.5 Å². The second-order valence-electron chi connectivity index (χ2n) is 8.92. The number of amides is 1. The molecule has 8 nitrogen and oxygen atoms in total. The Kier molecular flexibility index (Phi) is 7.91. The van der Waals surface area contributed by atoms with E-state index in [0.29, 0.717) is 21.2 Å². The van der Waals surface area contributed by atoms with Gasteiger partial charge in [0, 0.05) is 26.1 Å². The van der Waals surface area contributed by atoms with E-state index in [9.17, 15) is 35.2 Å². The first-order chi connectivity index (χ1) is 18.1. The average Bonchev–Trinajstić information content (AvgIpc) is 3.45. The zero-order chi connectivity index (χ0) is 28.8. The molecule has 1 fully saturated rings. The molecule has 39 heavy (non-hydrogen) atoms. The summed E-state index contributed by atoms with van der Waals surface area (Å²) in [6.07, 6.45) is -5.52. The van der Waals surface area contributed by atoms with Crippen molar-refractivity contribution in [3.63, 3.8) is 0 Å². The number of carbonyl (C=O) groups is 1. The maximum Gasteiger partial charge on any atom is 0.416 e. The number of hydrogen-bond acceptors (Lipinski definition) is 7. The van der Waals surface area contributed by atoms with Crippen molar-refractivity contribution >= 4 is 44.8 Å². The Bertz CT molecular complexity index is 1480. The summed E-state index contributed by atoms with van der Waals surface area (Å²) in [5.41, 5.74) is 0.000656. The second kappa shape index (κ2) is 10.6. The van der Waals surface area contributed by atoms with Crippen LogP contribution in [0, 0.1) is 0 Å². The molecule has 4 rings (SSSR count). The van der Waals surface area contributed by atoms with Gasteiger partial charge in [0.25, 0.3) is 15.9 Å². The first-order valence-corrected chi connectivity index (χ1v) is 13.9. The van der Waals surface area contributed by atoms with Crippen LogP contribution in [0.5, 0.6) is 0 Å². The molecule has 0 saturated carbocycles. The molecular formula is C23H21ClF5N5O3S2. The van der Waals surface area contributed by atoms with Crippen LogP contribution in [0.1, 0.15) is 17.7 Å². The molecule has 0 spiro atoms. The van der Waals surface area contributed by atoms with Crippen LogP contribution in [0.25, 0.3) is 11.3 Å². The number of sulfonamides is 1. The number of benzene rings is 1. The van der Waals surface area contributed by atoms with Crippen LogP contribution in [-0.4, -0.2) is 61.2 Å². The van der Waals surface area contributed by atoms with E-state index in [1.165, 1.54) is 35.2 Å². The van der Waals surface area contributed by atoms with Gasteiger partial charge in [-0.15, -0.1) is 11.3 Å². The van der Waals surface area contributed by atoms with E-state index in [1.807, 2.05) is 0 Å². The van der Waals surface area contributed by atoms with Gasteiger partial charge in [0.2, 0.25) is 11.9 Å². The van der Waals surface area contributed by atoms with Gasteiger partial charge in [-0.05, 0) is 30.3 Å². The van der Waals surface area contributed by atoms with E-state index in [2.05, 4.69) is 15.3 Å². The SMILES string of the molecule is CN(C)c1nc(CNC(=O)[C@@H]2CC(F)(F)CN2S(=O)(=O)c2ccc(Cl)s2)cc(-c2ccc(C(F)(F)F)cc2)n1. The Hall–Kier alpha value is -2.88. The molecular weight excluding hydrogens is 589 g/mol. The van der Waals surface area contributed by atoms with Gasteiger partial charge < -0.3 is 10.2 Å². The maximum atomic E-state index is 14.3. The van der Waals surface area contributed by atoms with Gasteiger partial charge >= 0.3 is 6.18 Å². The van der Waals surface area contributed by atoms with Crippen molar-refractivity contribution in [1.29, 1.82) is 0 Å². The summed E-state index contributed by atoms with van der Waals surface area (Å²) in [6, 6.07) is 6.54. The van der Waals surface area contributed by atoms with Gasteiger partial charge in [-0.1, -0.05) is 23.7 Å². The molecule has 1 saturated heterocycles. The van der Waals surface area contributed by atoms with Crippen LogP contribution in [0.2, 0.25) is 4.34 Å². The van der Waals surface area contributed by atoms with Gasteiger partial charge in [0.15, 0.2) is 0 Å². The van der Waals surface area contributed by atoms with Crippen LogP contribution in [0.4, 0.5) is 27.9 Å². The lowest BCUT2D eigenvalue weighted by Gasteiger charge is -2.22. The first kappa shape index (κ1) is 29.1. The Morgan fingerprint density at radius 1 is 1.18 bits per heavy atom. The van der Waals surface area contributed by atoms with Crippen molar-refractivity contribution in [2.75, 3.05) is 25.5 Å². The summed E-state index contributed by atoms with van der Waals surface area (Å²) in [5.74, 6) is -4.21. The molecule has 210 valence electrons. The quantitative estimate of drug-likeness (QED) is 0.392. The highest BCUT2D eigenvalue weighted by atomic mass is 35.5. The van der Waals surface area contributed by atoms with Gasteiger partial charge in [-0.25, -0.2) is 27.2 Å². The smallest absolute Gasteiger partial charge is 0.349 e. The Balaban J connectivity index is 1.57. The van der Waals surface area contributed by atoms with Gasteiger partial charge in [0.1, 0.15) is 10.3 Å². The monoisotopic (exact) mass is 609 g/mol. The van der Waals surface area contributed by atoms with E-state index in [-0.39, 0.29) is 32.4 Å². The summed E-state index contributed by atoms with van der Waals surface area (Å²) in [7, 11) is -1.16. The minimum absolute atomic E-state index is 0.143. The van der Waals surface area contributed by atoms with Crippen molar-refractivity contribution in [2.45, 2.75) is 35.3 Å². The van der Waals surface area contributed by atoms with Crippen molar-refractivity contribution in [3.05, 3.63) is 58.1 Å². The average molecular weight is 610 g/mol. The van der Waals surface area contributed by atoms with E-state index >= 15 is 0 Å². The highest BCUT2D eigenvalue weighted by molar-refractivity contribution is 7.91. The molecule has 0 bridgehead atoms. The fourth-order valence-corrected chi connectivity index (χ4v) is 7.09. The number of aromatic nitrogens is 2. The highest BCUT2D eigenvalue weighted by Crippen LogP contribution is 2.38. The summed E-state index contributed by atoms with van der Waals surface area (Å²) in [4.78, 5) is 23.1. The third-order valence-corrected chi connectivity index (χ3v) is 9.31. The lowest BCUT2D eigenvalue weighted by atomic mass is 10.1. The Labute approximate surface area is 229 Å². The van der Waals surface area contributed by atoms with Crippen molar-refractivity contribution in [3.8, 4) is 11.3 Å². The van der Waals surface area contributed by atoms with Crippen LogP contribution >= 0.6 is 22.9 Å². The number of nitrogens with zero attached hydrogens (tertiary/aromatic N) is 4. The molecule has 0 aliphatic carbocycles. The molecule has 2 aromatic heterocycles. The first-order valence-electron chi connectivity index (χ1n) is 11.2. The topological polar surface area (TPSA) is 95.5 Å². The number of halogens is 6. The number of nitrogens with one attached hydrogen (secondary N) is 1. The fraction of sp³-hybridized carbons (Fsp3) is 0.348. The largest absolute Gasteiger partial charge is 0.416 e. The number of alkyl halides is 5. The third kappa shape index (κ3) is 6.48. The molecule has 0 unspecified atom stereocenters. The predicted molar refractivity (Wildman–Crippen MR) is 135 cm³/mol. The molecule has 1 amide bonds. The molecule has 1 atom stereocenters. The zero-order valence-corrected chi connectivity index (χ0v) is 22.7. The predicted octanol–water partition coefficient (Wildman–Crippen LogP) is 4.66. The van der Waals surface area contributed by atoms with Crippen molar-refractivity contribution < 1.29 is 35.2 Å². The number of rotatable bonds is 7. The minimum atomic E-state index is -4.51. The molecule has 3 heterocycles. The molecule has 1 aliphatic heterocycles. The number of hydrogen-bond donors (Lipinski definition) is 1. The van der Waals surface area contributed by atoms with E-state index < -0.39 is 52.6 Å². The molecule has 1 N–H and O–H groups in total. The van der Waals surface area contributed by atoms with Gasteiger partial charge in [0.05, 0.1) is 34.4 Å². The summed E-state index contributed by atoms with van der Waals surface area (Å²) < 4.78 is 93.8. The lowest BCUT2D eigenvalue weighted by Crippen LogP contribution is -2.45. The zero-order valence-electron chi connectivity index (χ0n) is 20.3. The second-order valence-corrected chi connectivity index (χ2v) is 12.7. The van der Waals surface area contributed by atoms with Gasteiger partial charge in [-0.3, -0.25) is 4.79 Å². The maximum absolute atomic E-state index is 14.3. The van der Waals surface area contributed by atoms with Crippen molar-refractivity contribution in [1.82, 2.24) is 19.6 Å². The number of anilines is 1. The van der Waals surface area contributed by atoms with Crippen molar-refractivity contribution in [2.24, 2.45) is 0 Å². The molecule has 3 aromatic rings. The van der Waals surface area contributed by atoms with E-state index in [4.69, 9.17) is 11.6 Å². The molecule has 1 aliphatic rings. The number of carbonyl (C=O) groups excluding carboxylic acids is 1. The lowest BCUT2D eigenvalue weighted by molar-refractivity contribution is -0.137. The summed E-state index contributed by atoms with van der Waals surface area (Å²) in [5, 5.41) is 2.45. The highest BCUT2D eigenvalue weighted by Gasteiger charge is 2.53. The van der Waals surface area contributed by atoms with Crippen LogP contribution in [0.15, 0.2) is 46.7 Å². The minimum Gasteiger partial charge on any atom is -0.349 e. The molecule has 0 radical (unpaired) electrons. The number of thiophene rings is 1. The van der Waals surface area contributed by atoms with Crippen LogP contribution in [-0.2, 0) is 27.5 Å². The van der Waals surface area contributed by atoms with Crippen LogP contribution in [0.3, 0.4) is 0 Å². The Morgan fingerprint density at radius 2 is 1.85 bits per heavy atom. The van der Waals surface area contributed by atoms with Crippen LogP contribution < -0.4 is 10.2 Å². The fourth-order valence-electron chi connectivity index (χ4n) is 3.86.